The van der Waals surface area contributed by atoms with Gasteiger partial charge in [-0.2, -0.15) is 0 Å². The van der Waals surface area contributed by atoms with Crippen molar-refractivity contribution in [3.05, 3.63) is 58.7 Å². The Kier molecular flexibility index (Phi) is 12.5. The third-order valence-corrected chi connectivity index (χ3v) is 12.3. The quantitative estimate of drug-likeness (QED) is 0.0969. The number of fused-ring (bicyclic) bond motifs is 5. The van der Waals surface area contributed by atoms with Gasteiger partial charge in [0.2, 0.25) is 0 Å². The second-order valence-corrected chi connectivity index (χ2v) is 15.5. The van der Waals surface area contributed by atoms with Crippen LogP contribution >= 0.6 is 0 Å². The van der Waals surface area contributed by atoms with Crippen LogP contribution in [-0.2, 0) is 24.1 Å². The van der Waals surface area contributed by atoms with E-state index in [2.05, 4.69) is 25.1 Å². The molecule has 2 saturated carbocycles. The number of anilines is 1. The summed E-state index contributed by atoms with van der Waals surface area (Å²) in [5.41, 5.74) is 12.2. The first-order valence-corrected chi connectivity index (χ1v) is 18.8. The minimum Gasteiger partial charge on any atom is -0.508 e. The number of aliphatic hydroxyl groups excluding tert-OH is 1. The molecular formula is C41H61NO4. The highest BCUT2D eigenvalue weighted by atomic mass is 16.4. The zero-order valence-corrected chi connectivity index (χ0v) is 28.5. The molecule has 46 heavy (non-hydrogen) atoms. The van der Waals surface area contributed by atoms with Gasteiger partial charge in [0.05, 0.1) is 6.10 Å². The van der Waals surface area contributed by atoms with Gasteiger partial charge >= 0.3 is 5.97 Å². The predicted octanol–water partition coefficient (Wildman–Crippen LogP) is 9.75. The van der Waals surface area contributed by atoms with Crippen LogP contribution in [0.15, 0.2) is 36.4 Å². The second-order valence-electron chi connectivity index (χ2n) is 15.5. The molecule has 0 spiro atoms. The van der Waals surface area contributed by atoms with Gasteiger partial charge in [-0.3, -0.25) is 4.79 Å². The van der Waals surface area contributed by atoms with Crippen LogP contribution in [0.25, 0.3) is 0 Å². The number of aromatic hydroxyl groups is 1. The third kappa shape index (κ3) is 8.88. The molecule has 254 valence electrons. The van der Waals surface area contributed by atoms with Gasteiger partial charge in [-0.15, -0.1) is 0 Å². The smallest absolute Gasteiger partial charge is 0.303 e. The minimum atomic E-state index is -0.735. The number of nitrogens with two attached hydrogens (primary N) is 1. The summed E-state index contributed by atoms with van der Waals surface area (Å²) in [4.78, 5) is 10.8. The molecule has 0 heterocycles. The molecule has 0 saturated heterocycles. The van der Waals surface area contributed by atoms with E-state index in [1.165, 1.54) is 113 Å². The van der Waals surface area contributed by atoms with Crippen LogP contribution in [0.1, 0.15) is 151 Å². The second kappa shape index (κ2) is 16.5. The molecule has 0 amide bonds. The van der Waals surface area contributed by atoms with E-state index in [0.717, 1.165) is 36.9 Å². The lowest BCUT2D eigenvalue weighted by Crippen LogP contribution is -2.44. The van der Waals surface area contributed by atoms with Gasteiger partial charge in [-0.25, -0.2) is 0 Å². The van der Waals surface area contributed by atoms with Crippen molar-refractivity contribution in [3.8, 4) is 5.75 Å². The van der Waals surface area contributed by atoms with Gasteiger partial charge in [-0.1, -0.05) is 83.3 Å². The Morgan fingerprint density at radius 1 is 0.848 bits per heavy atom. The van der Waals surface area contributed by atoms with Crippen molar-refractivity contribution in [2.24, 2.45) is 23.2 Å². The summed E-state index contributed by atoms with van der Waals surface area (Å²) in [6.07, 6.45) is 23.9. The summed E-state index contributed by atoms with van der Waals surface area (Å²) in [6, 6.07) is 12.3. The number of nitrogen functional groups attached to an aromatic ring is 1. The Morgan fingerprint density at radius 2 is 1.48 bits per heavy atom. The van der Waals surface area contributed by atoms with E-state index >= 15 is 0 Å². The summed E-state index contributed by atoms with van der Waals surface area (Å²) in [7, 11) is 0. The van der Waals surface area contributed by atoms with Crippen molar-refractivity contribution in [1.82, 2.24) is 0 Å². The van der Waals surface area contributed by atoms with E-state index < -0.39 is 5.97 Å². The SMILES string of the molecule is C[C@]12CC[C@@H]3c4ccc(O)cc4CC[C@H]3[C@@H]1C[C@H](CCCCCCCCCCCCCc1cc(N)cc(CCCC(=O)O)c1)[C@@H]2O. The number of unbranched alkanes of at least 4 members (excludes halogenated alkanes) is 10. The van der Waals surface area contributed by atoms with Gasteiger partial charge < -0.3 is 21.1 Å². The van der Waals surface area contributed by atoms with Crippen LogP contribution in [0.5, 0.6) is 5.75 Å². The number of carboxylic acids is 1. The van der Waals surface area contributed by atoms with E-state index in [0.29, 0.717) is 35.8 Å². The van der Waals surface area contributed by atoms with Gasteiger partial charge in [0.15, 0.2) is 0 Å². The van der Waals surface area contributed by atoms with Gasteiger partial charge in [0.1, 0.15) is 5.75 Å². The molecule has 0 unspecified atom stereocenters. The fraction of sp³-hybridized carbons (Fsp3) is 0.683. The van der Waals surface area contributed by atoms with E-state index in [-0.39, 0.29) is 17.9 Å². The largest absolute Gasteiger partial charge is 0.508 e. The molecule has 3 aliphatic rings. The molecule has 0 aromatic heterocycles. The van der Waals surface area contributed by atoms with Crippen LogP contribution < -0.4 is 5.73 Å². The first-order chi connectivity index (χ1) is 22.2. The number of phenolic OH excluding ortho intramolecular Hbond substituents is 1. The minimum absolute atomic E-state index is 0.0871. The first-order valence-electron chi connectivity index (χ1n) is 18.8. The maximum absolute atomic E-state index is 11.5. The van der Waals surface area contributed by atoms with Crippen molar-refractivity contribution < 1.29 is 20.1 Å². The van der Waals surface area contributed by atoms with Crippen molar-refractivity contribution in [2.75, 3.05) is 5.73 Å². The van der Waals surface area contributed by atoms with E-state index in [4.69, 9.17) is 10.8 Å². The average molecular weight is 632 g/mol. The molecule has 0 bridgehead atoms. The Labute approximate surface area is 278 Å². The summed E-state index contributed by atoms with van der Waals surface area (Å²) in [6.45, 7) is 2.40. The summed E-state index contributed by atoms with van der Waals surface area (Å²) >= 11 is 0. The molecule has 6 atom stereocenters. The number of hydrogen-bond acceptors (Lipinski definition) is 4. The van der Waals surface area contributed by atoms with Crippen LogP contribution in [-0.4, -0.2) is 27.4 Å². The maximum atomic E-state index is 11.5. The number of carbonyl (C=O) groups is 1. The average Bonchev–Trinajstić information content (AvgIpc) is 3.28. The predicted molar refractivity (Wildman–Crippen MR) is 188 cm³/mol. The lowest BCUT2D eigenvalue weighted by atomic mass is 9.55. The lowest BCUT2D eigenvalue weighted by Gasteiger charge is -2.50. The highest BCUT2D eigenvalue weighted by Gasteiger charge is 2.57. The normalized spacial score (nSPS) is 26.8. The number of hydrogen-bond donors (Lipinski definition) is 4. The molecule has 5 nitrogen and oxygen atoms in total. The molecule has 2 aromatic carbocycles. The lowest BCUT2D eigenvalue weighted by molar-refractivity contribution is -0.137. The van der Waals surface area contributed by atoms with Crippen LogP contribution in [0.4, 0.5) is 5.69 Å². The number of rotatable bonds is 18. The number of aliphatic hydroxyl groups is 1. The zero-order chi connectivity index (χ0) is 32.5. The molecule has 2 aromatic rings. The van der Waals surface area contributed by atoms with E-state index in [1.54, 1.807) is 0 Å². The van der Waals surface area contributed by atoms with Crippen molar-refractivity contribution in [2.45, 2.75) is 154 Å². The summed E-state index contributed by atoms with van der Waals surface area (Å²) in [5, 5.41) is 30.4. The molecule has 2 fully saturated rings. The molecule has 5 heteroatoms. The Balaban J connectivity index is 0.896. The first kappa shape index (κ1) is 34.8. The van der Waals surface area contributed by atoms with Gasteiger partial charge in [0, 0.05) is 12.1 Å². The standard InChI is InChI=1S/C41H61NO4/c1-41-23-22-36-35-21-19-34(43)27-31(35)18-20-37(36)38(41)28-32(40(41)46)16-12-10-8-6-4-2-3-5-7-9-11-14-29-24-30(26-33(42)25-29)15-13-17-39(44)45/h19,21,24-27,32,36-38,40,43,46H,2-18,20,22-23,28,42H2,1H3,(H,44,45)/t32-,36+,37+,38-,40-,41-/m0/s1. The van der Waals surface area contributed by atoms with Crippen molar-refractivity contribution in [1.29, 1.82) is 0 Å². The number of aliphatic carboxylic acids is 1. The third-order valence-electron chi connectivity index (χ3n) is 12.3. The number of benzene rings is 2. The van der Waals surface area contributed by atoms with Gasteiger partial charge in [-0.05, 0) is 140 Å². The Hall–Kier alpha value is -2.53. The molecular weight excluding hydrogens is 570 g/mol. The number of phenols is 1. The highest BCUT2D eigenvalue weighted by Crippen LogP contribution is 2.62. The highest BCUT2D eigenvalue weighted by molar-refractivity contribution is 5.66. The Bertz CT molecular complexity index is 1280. The molecule has 0 aliphatic heterocycles. The molecule has 3 aliphatic carbocycles. The molecule has 0 radical (unpaired) electrons. The van der Waals surface area contributed by atoms with Crippen LogP contribution in [0, 0.1) is 23.2 Å². The van der Waals surface area contributed by atoms with Crippen molar-refractivity contribution >= 4 is 11.7 Å². The topological polar surface area (TPSA) is 104 Å². The number of aryl methyl sites for hydroxylation is 3. The van der Waals surface area contributed by atoms with E-state index in [1.807, 2.05) is 18.2 Å². The Morgan fingerprint density at radius 3 is 2.15 bits per heavy atom. The van der Waals surface area contributed by atoms with Crippen LogP contribution in [0.2, 0.25) is 0 Å². The van der Waals surface area contributed by atoms with Crippen LogP contribution in [0.3, 0.4) is 0 Å². The maximum Gasteiger partial charge on any atom is 0.303 e. The number of carboxylic acid groups (broad SMARTS) is 1. The zero-order valence-electron chi connectivity index (χ0n) is 28.5. The monoisotopic (exact) mass is 631 g/mol. The summed E-state index contributed by atoms with van der Waals surface area (Å²) < 4.78 is 0. The van der Waals surface area contributed by atoms with E-state index in [9.17, 15) is 15.0 Å². The fourth-order valence-corrected chi connectivity index (χ4v) is 9.85. The molecule has 5 N–H and O–H groups in total. The summed E-state index contributed by atoms with van der Waals surface area (Å²) in [5.74, 6) is 2.08. The van der Waals surface area contributed by atoms with Crippen molar-refractivity contribution in [3.63, 3.8) is 0 Å². The van der Waals surface area contributed by atoms with Gasteiger partial charge in [0.25, 0.3) is 0 Å². The molecule has 5 rings (SSSR count). The fourth-order valence-electron chi connectivity index (χ4n) is 9.85.